The fraction of sp³-hybridized carbons (Fsp3) is 0.923. The third kappa shape index (κ3) is 3.51. The summed E-state index contributed by atoms with van der Waals surface area (Å²) in [6.07, 6.45) is 4.97. The van der Waals surface area contributed by atoms with E-state index in [-0.39, 0.29) is 11.9 Å². The van der Waals surface area contributed by atoms with Crippen LogP contribution in [0.1, 0.15) is 46.5 Å². The summed E-state index contributed by atoms with van der Waals surface area (Å²) in [5.74, 6) is 2.60. The largest absolute Gasteiger partial charge is 0.469 e. The van der Waals surface area contributed by atoms with Crippen molar-refractivity contribution in [1.29, 1.82) is 0 Å². The van der Waals surface area contributed by atoms with Gasteiger partial charge in [0.15, 0.2) is 0 Å². The van der Waals surface area contributed by atoms with Gasteiger partial charge in [0.05, 0.1) is 13.0 Å². The van der Waals surface area contributed by atoms with Crippen molar-refractivity contribution in [3.8, 4) is 0 Å². The van der Waals surface area contributed by atoms with Crippen molar-refractivity contribution in [2.24, 2.45) is 23.7 Å². The van der Waals surface area contributed by atoms with E-state index in [1.807, 2.05) is 0 Å². The van der Waals surface area contributed by atoms with Gasteiger partial charge in [-0.2, -0.15) is 0 Å². The number of carbonyl (C=O) groups is 1. The number of hydrogen-bond acceptors (Lipinski definition) is 2. The molecule has 0 radical (unpaired) electrons. The second-order valence-electron chi connectivity index (χ2n) is 5.54. The fourth-order valence-electron chi connectivity index (χ4n) is 2.68. The first-order valence-electron chi connectivity index (χ1n) is 6.12. The van der Waals surface area contributed by atoms with Crippen LogP contribution in [0, 0.1) is 23.7 Å². The summed E-state index contributed by atoms with van der Waals surface area (Å²) in [6, 6.07) is 0. The van der Waals surface area contributed by atoms with Gasteiger partial charge in [-0.25, -0.2) is 0 Å². The van der Waals surface area contributed by atoms with Crippen LogP contribution >= 0.6 is 0 Å². The number of rotatable bonds is 1. The molecular weight excluding hydrogens is 188 g/mol. The van der Waals surface area contributed by atoms with Crippen molar-refractivity contribution in [2.75, 3.05) is 7.11 Å². The Morgan fingerprint density at radius 1 is 1.20 bits per heavy atom. The molecule has 0 amide bonds. The van der Waals surface area contributed by atoms with Crippen molar-refractivity contribution >= 4 is 5.97 Å². The lowest BCUT2D eigenvalue weighted by Crippen LogP contribution is -2.21. The minimum absolute atomic E-state index is 0.0252. The van der Waals surface area contributed by atoms with Gasteiger partial charge in [0.2, 0.25) is 0 Å². The zero-order valence-electron chi connectivity index (χ0n) is 10.5. The van der Waals surface area contributed by atoms with Gasteiger partial charge in [-0.05, 0) is 37.0 Å². The SMILES string of the molecule is CC(C)C.COC(=O)C1CC2CCC1C2. The number of ether oxygens (including phenoxy) is 1. The van der Waals surface area contributed by atoms with E-state index in [0.717, 1.165) is 18.3 Å². The summed E-state index contributed by atoms with van der Waals surface area (Å²) in [7, 11) is 1.49. The van der Waals surface area contributed by atoms with E-state index in [1.54, 1.807) is 0 Å². The van der Waals surface area contributed by atoms with E-state index >= 15 is 0 Å². The van der Waals surface area contributed by atoms with Crippen molar-refractivity contribution in [3.05, 3.63) is 0 Å². The quantitative estimate of drug-likeness (QED) is 0.624. The van der Waals surface area contributed by atoms with Crippen LogP contribution < -0.4 is 0 Å². The molecule has 2 nitrogen and oxygen atoms in total. The molecule has 0 heterocycles. The lowest BCUT2D eigenvalue weighted by Gasteiger charge is -2.18. The molecule has 0 aliphatic heterocycles. The van der Waals surface area contributed by atoms with E-state index in [0.29, 0.717) is 5.92 Å². The minimum Gasteiger partial charge on any atom is -0.469 e. The molecule has 2 heteroatoms. The Labute approximate surface area is 93.4 Å². The fourth-order valence-corrected chi connectivity index (χ4v) is 2.68. The Bertz CT molecular complexity index is 208. The van der Waals surface area contributed by atoms with Crippen LogP contribution in [0.2, 0.25) is 0 Å². The van der Waals surface area contributed by atoms with E-state index in [1.165, 1.54) is 26.4 Å². The van der Waals surface area contributed by atoms with Gasteiger partial charge < -0.3 is 4.74 Å². The maximum absolute atomic E-state index is 11.2. The van der Waals surface area contributed by atoms with Gasteiger partial charge in [-0.3, -0.25) is 4.79 Å². The molecule has 88 valence electrons. The van der Waals surface area contributed by atoms with E-state index in [2.05, 4.69) is 20.8 Å². The average Bonchev–Trinajstić information content (AvgIpc) is 2.76. The molecule has 0 aromatic carbocycles. The van der Waals surface area contributed by atoms with Crippen molar-refractivity contribution in [1.82, 2.24) is 0 Å². The van der Waals surface area contributed by atoms with E-state index in [4.69, 9.17) is 4.74 Å². The summed E-state index contributed by atoms with van der Waals surface area (Å²) >= 11 is 0. The molecule has 15 heavy (non-hydrogen) atoms. The Balaban J connectivity index is 0.000000245. The minimum atomic E-state index is 0.0252. The molecule has 0 spiro atoms. The molecule has 2 fully saturated rings. The number of methoxy groups -OCH3 is 1. The first kappa shape index (κ1) is 12.5. The van der Waals surface area contributed by atoms with Crippen LogP contribution in [0.25, 0.3) is 0 Å². The molecule has 0 N–H and O–H groups in total. The summed E-state index contributed by atoms with van der Waals surface area (Å²) in [6.45, 7) is 6.50. The Hall–Kier alpha value is -0.530. The first-order valence-corrected chi connectivity index (χ1v) is 6.12. The number of esters is 1. The lowest BCUT2D eigenvalue weighted by atomic mass is 9.89. The molecule has 0 saturated heterocycles. The van der Waals surface area contributed by atoms with Crippen LogP contribution in [0.5, 0.6) is 0 Å². The third-order valence-corrected chi connectivity index (χ3v) is 3.24. The molecule has 2 aliphatic carbocycles. The zero-order valence-corrected chi connectivity index (χ0v) is 10.5. The summed E-state index contributed by atoms with van der Waals surface area (Å²) < 4.78 is 4.75. The van der Waals surface area contributed by atoms with Gasteiger partial charge >= 0.3 is 5.97 Å². The molecule has 2 bridgehead atoms. The molecule has 3 unspecified atom stereocenters. The number of hydrogen-bond donors (Lipinski definition) is 0. The van der Waals surface area contributed by atoms with Crippen LogP contribution in [-0.2, 0) is 9.53 Å². The van der Waals surface area contributed by atoms with Crippen LogP contribution in [0.4, 0.5) is 0 Å². The molecule has 2 saturated carbocycles. The van der Waals surface area contributed by atoms with E-state index in [9.17, 15) is 4.79 Å². The highest BCUT2D eigenvalue weighted by Gasteiger charge is 2.43. The number of carbonyl (C=O) groups excluding carboxylic acids is 1. The molecule has 2 rings (SSSR count). The predicted octanol–water partition coefficient (Wildman–Crippen LogP) is 3.26. The standard InChI is InChI=1S/C9H14O2.C4H10/c1-11-9(10)8-5-6-2-3-7(8)4-6;1-4(2)3/h6-8H,2-5H2,1H3;4H,1-3H3. The Morgan fingerprint density at radius 2 is 1.80 bits per heavy atom. The molecule has 0 aromatic rings. The molecule has 3 atom stereocenters. The molecule has 0 aromatic heterocycles. The van der Waals surface area contributed by atoms with Gasteiger partial charge in [0.1, 0.15) is 0 Å². The monoisotopic (exact) mass is 212 g/mol. The maximum atomic E-state index is 11.2. The second kappa shape index (κ2) is 5.53. The molecular formula is C13H24O2. The van der Waals surface area contributed by atoms with Crippen LogP contribution in [-0.4, -0.2) is 13.1 Å². The highest BCUT2D eigenvalue weighted by molar-refractivity contribution is 5.73. The third-order valence-electron chi connectivity index (χ3n) is 3.24. The van der Waals surface area contributed by atoms with Crippen molar-refractivity contribution in [3.63, 3.8) is 0 Å². The summed E-state index contributed by atoms with van der Waals surface area (Å²) in [5.41, 5.74) is 0. The van der Waals surface area contributed by atoms with Crippen LogP contribution in [0.15, 0.2) is 0 Å². The normalized spacial score (nSPS) is 32.5. The van der Waals surface area contributed by atoms with Gasteiger partial charge in [-0.1, -0.05) is 27.2 Å². The topological polar surface area (TPSA) is 26.3 Å². The lowest BCUT2D eigenvalue weighted by molar-refractivity contribution is -0.147. The van der Waals surface area contributed by atoms with Crippen molar-refractivity contribution in [2.45, 2.75) is 46.5 Å². The zero-order chi connectivity index (χ0) is 11.4. The Kier molecular flexibility index (Phi) is 4.62. The Morgan fingerprint density at radius 3 is 2.13 bits per heavy atom. The maximum Gasteiger partial charge on any atom is 0.308 e. The van der Waals surface area contributed by atoms with Gasteiger partial charge in [0.25, 0.3) is 0 Å². The summed E-state index contributed by atoms with van der Waals surface area (Å²) in [4.78, 5) is 11.2. The number of fused-ring (bicyclic) bond motifs is 2. The predicted molar refractivity (Wildman–Crippen MR) is 61.5 cm³/mol. The van der Waals surface area contributed by atoms with Crippen molar-refractivity contribution < 1.29 is 9.53 Å². The molecule has 2 aliphatic rings. The average molecular weight is 212 g/mol. The highest BCUT2D eigenvalue weighted by atomic mass is 16.5. The second-order valence-corrected chi connectivity index (χ2v) is 5.54. The van der Waals surface area contributed by atoms with E-state index < -0.39 is 0 Å². The first-order chi connectivity index (χ1) is 7.04. The smallest absolute Gasteiger partial charge is 0.308 e. The highest BCUT2D eigenvalue weighted by Crippen LogP contribution is 2.48. The van der Waals surface area contributed by atoms with Gasteiger partial charge in [0, 0.05) is 0 Å². The van der Waals surface area contributed by atoms with Gasteiger partial charge in [-0.15, -0.1) is 0 Å². The van der Waals surface area contributed by atoms with Crippen LogP contribution in [0.3, 0.4) is 0 Å². The summed E-state index contributed by atoms with van der Waals surface area (Å²) in [5, 5.41) is 0.